The lowest BCUT2D eigenvalue weighted by molar-refractivity contribution is -0.138. The van der Waals surface area contributed by atoms with Crippen molar-refractivity contribution in [3.8, 4) is 11.5 Å². The number of hydrogen-bond acceptors (Lipinski definition) is 6. The molecular formula is C18H23NO6. The van der Waals surface area contributed by atoms with E-state index < -0.39 is 12.2 Å². The Labute approximate surface area is 146 Å². The highest BCUT2D eigenvalue weighted by Gasteiger charge is 2.32. The van der Waals surface area contributed by atoms with Gasteiger partial charge in [0.15, 0.2) is 11.5 Å². The second-order valence-electron chi connectivity index (χ2n) is 6.18. The second kappa shape index (κ2) is 7.86. The molecule has 0 aromatic heterocycles. The summed E-state index contributed by atoms with van der Waals surface area (Å²) in [6.45, 7) is 3.37. The van der Waals surface area contributed by atoms with Crippen LogP contribution in [0, 0.1) is 5.92 Å². The van der Waals surface area contributed by atoms with Crippen molar-refractivity contribution in [2.75, 3.05) is 33.1 Å². The lowest BCUT2D eigenvalue weighted by atomic mass is 9.96. The van der Waals surface area contributed by atoms with Gasteiger partial charge in [-0.1, -0.05) is 6.07 Å². The normalized spacial score (nSPS) is 25.3. The number of likely N-dealkylation sites (N-methyl/N-ethyl adjacent to an activating group) is 1. The fourth-order valence-corrected chi connectivity index (χ4v) is 2.96. The van der Waals surface area contributed by atoms with Crippen LogP contribution in [0.3, 0.4) is 0 Å². The molecule has 0 bridgehead atoms. The minimum Gasteiger partial charge on any atom is -0.454 e. The summed E-state index contributed by atoms with van der Waals surface area (Å²) >= 11 is 0. The molecule has 1 fully saturated rings. The maximum absolute atomic E-state index is 12.4. The number of aliphatic hydroxyl groups excluding tert-OH is 2. The Bertz CT molecular complexity index is 646. The molecule has 1 saturated heterocycles. The number of fused-ring (bicyclic) bond motifs is 1. The Balaban J connectivity index is 1.62. The summed E-state index contributed by atoms with van der Waals surface area (Å²) in [4.78, 5) is 14.1. The quantitative estimate of drug-likeness (QED) is 0.759. The Morgan fingerprint density at radius 2 is 2.08 bits per heavy atom. The van der Waals surface area contributed by atoms with E-state index in [-0.39, 0.29) is 25.2 Å². The van der Waals surface area contributed by atoms with E-state index in [1.54, 1.807) is 17.0 Å². The van der Waals surface area contributed by atoms with Crippen LogP contribution >= 0.6 is 0 Å². The van der Waals surface area contributed by atoms with Crippen LogP contribution in [-0.2, 0) is 9.53 Å². The number of hydrogen-bond donors (Lipinski definition) is 2. The van der Waals surface area contributed by atoms with E-state index in [1.807, 2.05) is 19.1 Å². The van der Waals surface area contributed by atoms with Crippen LogP contribution in [-0.4, -0.2) is 66.3 Å². The molecule has 0 unspecified atom stereocenters. The van der Waals surface area contributed by atoms with Crippen molar-refractivity contribution < 1.29 is 29.2 Å². The zero-order chi connectivity index (χ0) is 17.8. The van der Waals surface area contributed by atoms with Gasteiger partial charge in [0.2, 0.25) is 12.7 Å². The maximum Gasteiger partial charge on any atom is 0.246 e. The number of amides is 1. The molecule has 25 heavy (non-hydrogen) atoms. The molecule has 136 valence electrons. The Morgan fingerprint density at radius 1 is 1.28 bits per heavy atom. The third kappa shape index (κ3) is 4.12. The van der Waals surface area contributed by atoms with Crippen LogP contribution in [0.2, 0.25) is 0 Å². The van der Waals surface area contributed by atoms with E-state index in [9.17, 15) is 15.0 Å². The highest BCUT2D eigenvalue weighted by molar-refractivity contribution is 5.91. The van der Waals surface area contributed by atoms with Gasteiger partial charge in [0.1, 0.15) is 6.10 Å². The molecule has 0 aliphatic carbocycles. The molecule has 1 aromatic carbocycles. The molecule has 1 aromatic rings. The van der Waals surface area contributed by atoms with Crippen molar-refractivity contribution in [3.63, 3.8) is 0 Å². The summed E-state index contributed by atoms with van der Waals surface area (Å²) in [6.07, 6.45) is 1.42. The van der Waals surface area contributed by atoms with Crippen molar-refractivity contribution in [2.45, 2.75) is 19.1 Å². The van der Waals surface area contributed by atoms with Gasteiger partial charge in [0.05, 0.1) is 19.3 Å². The first-order chi connectivity index (χ1) is 12.1. The van der Waals surface area contributed by atoms with Gasteiger partial charge in [-0.05, 0) is 30.7 Å². The lowest BCUT2D eigenvalue weighted by Crippen LogP contribution is -2.49. The zero-order valence-corrected chi connectivity index (χ0v) is 14.1. The Hall–Kier alpha value is -2.09. The Kier molecular flexibility index (Phi) is 5.57. The molecular weight excluding hydrogens is 326 g/mol. The molecule has 2 aliphatic rings. The van der Waals surface area contributed by atoms with Crippen LogP contribution in [0.4, 0.5) is 0 Å². The van der Waals surface area contributed by atoms with Crippen LogP contribution in [0.5, 0.6) is 11.5 Å². The average Bonchev–Trinajstić information content (AvgIpc) is 3.08. The van der Waals surface area contributed by atoms with Crippen molar-refractivity contribution in [1.29, 1.82) is 0 Å². The fourth-order valence-electron chi connectivity index (χ4n) is 2.96. The number of rotatable bonds is 5. The minimum absolute atomic E-state index is 0.127. The van der Waals surface area contributed by atoms with E-state index in [4.69, 9.17) is 14.2 Å². The van der Waals surface area contributed by atoms with Crippen molar-refractivity contribution in [1.82, 2.24) is 4.90 Å². The Morgan fingerprint density at radius 3 is 2.88 bits per heavy atom. The van der Waals surface area contributed by atoms with Crippen LogP contribution < -0.4 is 9.47 Å². The molecule has 2 N–H and O–H groups in total. The molecule has 0 spiro atoms. The first-order valence-electron chi connectivity index (χ1n) is 8.39. The highest BCUT2D eigenvalue weighted by Crippen LogP contribution is 2.32. The third-order valence-corrected chi connectivity index (χ3v) is 4.46. The minimum atomic E-state index is -0.906. The van der Waals surface area contributed by atoms with Crippen molar-refractivity contribution >= 4 is 12.0 Å². The standard InChI is InChI=1S/C18H23NO6/c1-2-19(8-13-9-23-10-14(20)18(13)22)17(21)6-4-12-3-5-15-16(7-12)25-11-24-15/h3-7,13-14,18,20,22H,2,8-11H2,1H3/b6-4+/t13-,14-,18+/m1/s1. The van der Waals surface area contributed by atoms with E-state index in [0.717, 1.165) is 5.56 Å². The number of benzene rings is 1. The third-order valence-electron chi connectivity index (χ3n) is 4.46. The average molecular weight is 349 g/mol. The summed E-state index contributed by atoms with van der Waals surface area (Å²) in [6, 6.07) is 5.47. The summed E-state index contributed by atoms with van der Waals surface area (Å²) in [5.41, 5.74) is 0.838. The molecule has 1 amide bonds. The molecule has 7 nitrogen and oxygen atoms in total. The predicted octanol–water partition coefficient (Wildman–Crippen LogP) is 0.645. The topological polar surface area (TPSA) is 88.5 Å². The molecule has 0 radical (unpaired) electrons. The van der Waals surface area contributed by atoms with E-state index in [2.05, 4.69) is 0 Å². The van der Waals surface area contributed by atoms with Crippen LogP contribution in [0.25, 0.3) is 6.08 Å². The lowest BCUT2D eigenvalue weighted by Gasteiger charge is -2.34. The number of ether oxygens (including phenoxy) is 3. The van der Waals surface area contributed by atoms with Crippen molar-refractivity contribution in [3.05, 3.63) is 29.8 Å². The first kappa shape index (κ1) is 17.7. The van der Waals surface area contributed by atoms with Crippen LogP contribution in [0.1, 0.15) is 12.5 Å². The second-order valence-corrected chi connectivity index (χ2v) is 6.18. The van der Waals surface area contributed by atoms with Gasteiger partial charge in [-0.25, -0.2) is 0 Å². The molecule has 3 atom stereocenters. The summed E-state index contributed by atoms with van der Waals surface area (Å²) in [5.74, 6) is 0.904. The van der Waals surface area contributed by atoms with Gasteiger partial charge in [-0.2, -0.15) is 0 Å². The number of carbonyl (C=O) groups excluding carboxylic acids is 1. The largest absolute Gasteiger partial charge is 0.454 e. The van der Waals surface area contributed by atoms with Crippen LogP contribution in [0.15, 0.2) is 24.3 Å². The van der Waals surface area contributed by atoms with Crippen molar-refractivity contribution in [2.24, 2.45) is 5.92 Å². The number of aliphatic hydroxyl groups is 2. The molecule has 3 rings (SSSR count). The van der Waals surface area contributed by atoms with Gasteiger partial charge in [-0.15, -0.1) is 0 Å². The zero-order valence-electron chi connectivity index (χ0n) is 14.1. The molecule has 7 heteroatoms. The van der Waals surface area contributed by atoms with E-state index in [0.29, 0.717) is 31.2 Å². The number of carbonyl (C=O) groups is 1. The monoisotopic (exact) mass is 349 g/mol. The van der Waals surface area contributed by atoms with Gasteiger partial charge in [0.25, 0.3) is 0 Å². The molecule has 2 aliphatic heterocycles. The number of nitrogens with zero attached hydrogens (tertiary/aromatic N) is 1. The SMILES string of the molecule is CCN(C[C@@H]1COC[C@@H](O)[C@H]1O)C(=O)/C=C/c1ccc2c(c1)OCO2. The van der Waals surface area contributed by atoms with E-state index in [1.165, 1.54) is 6.08 Å². The van der Waals surface area contributed by atoms with E-state index >= 15 is 0 Å². The first-order valence-corrected chi connectivity index (χ1v) is 8.39. The molecule has 0 saturated carbocycles. The summed E-state index contributed by atoms with van der Waals surface area (Å²) in [7, 11) is 0. The predicted molar refractivity (Wildman–Crippen MR) is 90.2 cm³/mol. The smallest absolute Gasteiger partial charge is 0.246 e. The molecule has 2 heterocycles. The fraction of sp³-hybridized carbons (Fsp3) is 0.500. The summed E-state index contributed by atoms with van der Waals surface area (Å²) < 4.78 is 15.9. The highest BCUT2D eigenvalue weighted by atomic mass is 16.7. The maximum atomic E-state index is 12.4. The summed E-state index contributed by atoms with van der Waals surface area (Å²) in [5, 5.41) is 19.7. The van der Waals surface area contributed by atoms with Gasteiger partial charge < -0.3 is 29.3 Å². The van der Waals surface area contributed by atoms with Gasteiger partial charge >= 0.3 is 0 Å². The van der Waals surface area contributed by atoms with Gasteiger partial charge in [-0.3, -0.25) is 4.79 Å². The van der Waals surface area contributed by atoms with Gasteiger partial charge in [0, 0.05) is 25.1 Å².